The first-order valence-electron chi connectivity index (χ1n) is 7.98. The molecule has 116 valence electrons. The maximum atomic E-state index is 12.4. The molecule has 0 spiro atoms. The monoisotopic (exact) mass is 289 g/mol. The molecule has 1 aromatic carbocycles. The van der Waals surface area contributed by atoms with Gasteiger partial charge in [-0.1, -0.05) is 31.5 Å². The molecular weight excluding hydrogens is 262 g/mol. The Labute approximate surface area is 127 Å². The summed E-state index contributed by atoms with van der Waals surface area (Å²) >= 11 is 0. The average molecular weight is 289 g/mol. The fraction of sp³-hybridized carbons (Fsp3) is 0.588. The highest BCUT2D eigenvalue weighted by molar-refractivity contribution is 5.93. The van der Waals surface area contributed by atoms with Crippen LogP contribution in [0.15, 0.2) is 18.2 Å². The molecule has 1 amide bonds. The Bertz CT molecular complexity index is 487. The summed E-state index contributed by atoms with van der Waals surface area (Å²) in [6, 6.07) is 6.51. The van der Waals surface area contributed by atoms with Gasteiger partial charge in [-0.25, -0.2) is 0 Å². The third-order valence-corrected chi connectivity index (χ3v) is 4.37. The van der Waals surface area contributed by atoms with Crippen molar-refractivity contribution in [2.75, 3.05) is 25.0 Å². The van der Waals surface area contributed by atoms with E-state index < -0.39 is 0 Å². The molecule has 1 unspecified atom stereocenters. The van der Waals surface area contributed by atoms with Crippen molar-refractivity contribution in [3.05, 3.63) is 29.3 Å². The SMILES string of the molecule is CCc1cccc(C)c1NC(=O)CN1CCCCC1CN. The van der Waals surface area contributed by atoms with Crippen LogP contribution in [0.5, 0.6) is 0 Å². The van der Waals surface area contributed by atoms with Crippen LogP contribution in [-0.2, 0) is 11.2 Å². The van der Waals surface area contributed by atoms with Crippen molar-refractivity contribution in [2.45, 2.75) is 45.6 Å². The molecule has 0 aliphatic carbocycles. The van der Waals surface area contributed by atoms with E-state index in [2.05, 4.69) is 23.2 Å². The van der Waals surface area contributed by atoms with E-state index >= 15 is 0 Å². The Balaban J connectivity index is 2.01. The van der Waals surface area contributed by atoms with Gasteiger partial charge in [-0.3, -0.25) is 9.69 Å². The van der Waals surface area contributed by atoms with Crippen molar-refractivity contribution >= 4 is 11.6 Å². The van der Waals surface area contributed by atoms with Gasteiger partial charge in [0.1, 0.15) is 0 Å². The van der Waals surface area contributed by atoms with Gasteiger partial charge in [0.05, 0.1) is 6.54 Å². The van der Waals surface area contributed by atoms with E-state index in [1.54, 1.807) is 0 Å². The van der Waals surface area contributed by atoms with Gasteiger partial charge >= 0.3 is 0 Å². The number of nitrogens with two attached hydrogens (primary N) is 1. The Kier molecular flexibility index (Phi) is 5.76. The number of rotatable bonds is 5. The standard InChI is InChI=1S/C17H27N3O/c1-3-14-8-6-7-13(2)17(14)19-16(21)12-20-10-5-4-9-15(20)11-18/h6-8,15H,3-5,9-12,18H2,1-2H3,(H,19,21). The fourth-order valence-electron chi connectivity index (χ4n) is 3.10. The van der Waals surface area contributed by atoms with Crippen LogP contribution in [0.3, 0.4) is 0 Å². The van der Waals surface area contributed by atoms with Crippen molar-refractivity contribution < 1.29 is 4.79 Å². The molecule has 1 fully saturated rings. The Hall–Kier alpha value is -1.39. The molecule has 0 bridgehead atoms. The second-order valence-corrected chi connectivity index (χ2v) is 5.87. The Morgan fingerprint density at radius 3 is 2.95 bits per heavy atom. The molecule has 4 heteroatoms. The van der Waals surface area contributed by atoms with Crippen LogP contribution in [0.4, 0.5) is 5.69 Å². The van der Waals surface area contributed by atoms with Gasteiger partial charge in [0.15, 0.2) is 0 Å². The van der Waals surface area contributed by atoms with Crippen LogP contribution in [0, 0.1) is 6.92 Å². The molecule has 0 aromatic heterocycles. The highest BCUT2D eigenvalue weighted by Gasteiger charge is 2.23. The molecular formula is C17H27N3O. The van der Waals surface area contributed by atoms with Gasteiger partial charge < -0.3 is 11.1 Å². The quantitative estimate of drug-likeness (QED) is 0.874. The molecule has 3 N–H and O–H groups in total. The molecule has 1 aromatic rings. The molecule has 2 rings (SSSR count). The molecule has 1 aliphatic rings. The first-order chi connectivity index (χ1) is 10.2. The van der Waals surface area contributed by atoms with Gasteiger partial charge in [-0.15, -0.1) is 0 Å². The molecule has 0 saturated carbocycles. The number of anilines is 1. The largest absolute Gasteiger partial charge is 0.329 e. The van der Waals surface area contributed by atoms with E-state index in [-0.39, 0.29) is 5.91 Å². The fourth-order valence-corrected chi connectivity index (χ4v) is 3.10. The third kappa shape index (κ3) is 4.05. The van der Waals surface area contributed by atoms with Gasteiger partial charge in [-0.2, -0.15) is 0 Å². The highest BCUT2D eigenvalue weighted by atomic mass is 16.2. The number of carbonyl (C=O) groups is 1. The summed E-state index contributed by atoms with van der Waals surface area (Å²) in [4.78, 5) is 14.6. The normalized spacial score (nSPS) is 19.5. The number of hydrogen-bond acceptors (Lipinski definition) is 3. The third-order valence-electron chi connectivity index (χ3n) is 4.37. The number of nitrogens with one attached hydrogen (secondary N) is 1. The smallest absolute Gasteiger partial charge is 0.238 e. The summed E-state index contributed by atoms with van der Waals surface area (Å²) in [6.07, 6.45) is 4.41. The number of para-hydroxylation sites is 1. The number of likely N-dealkylation sites (tertiary alicyclic amines) is 1. The Morgan fingerprint density at radius 2 is 2.24 bits per heavy atom. The van der Waals surface area contributed by atoms with Gasteiger partial charge in [0, 0.05) is 18.3 Å². The second-order valence-electron chi connectivity index (χ2n) is 5.87. The van der Waals surface area contributed by atoms with E-state index in [0.717, 1.165) is 37.1 Å². The summed E-state index contributed by atoms with van der Waals surface area (Å²) in [6.45, 7) is 6.21. The minimum atomic E-state index is 0.0688. The first kappa shape index (κ1) is 16.0. The maximum Gasteiger partial charge on any atom is 0.238 e. The van der Waals surface area contributed by atoms with E-state index in [1.165, 1.54) is 12.0 Å². The van der Waals surface area contributed by atoms with Crippen LogP contribution >= 0.6 is 0 Å². The van der Waals surface area contributed by atoms with E-state index in [9.17, 15) is 4.79 Å². The molecule has 0 radical (unpaired) electrons. The van der Waals surface area contributed by atoms with E-state index in [1.807, 2.05) is 19.1 Å². The number of hydrogen-bond donors (Lipinski definition) is 2. The average Bonchev–Trinajstić information content (AvgIpc) is 2.49. The summed E-state index contributed by atoms with van der Waals surface area (Å²) in [7, 11) is 0. The lowest BCUT2D eigenvalue weighted by Crippen LogP contribution is -2.47. The molecule has 1 saturated heterocycles. The van der Waals surface area contributed by atoms with Crippen molar-refractivity contribution in [3.63, 3.8) is 0 Å². The predicted octanol–water partition coefficient (Wildman–Crippen LogP) is 2.31. The van der Waals surface area contributed by atoms with Gasteiger partial charge in [0.25, 0.3) is 0 Å². The highest BCUT2D eigenvalue weighted by Crippen LogP contribution is 2.21. The van der Waals surface area contributed by atoms with Crippen LogP contribution < -0.4 is 11.1 Å². The number of amides is 1. The van der Waals surface area contributed by atoms with Crippen molar-refractivity contribution in [2.24, 2.45) is 5.73 Å². The number of carbonyl (C=O) groups excluding carboxylic acids is 1. The van der Waals surface area contributed by atoms with E-state index in [0.29, 0.717) is 19.1 Å². The summed E-state index contributed by atoms with van der Waals surface area (Å²) in [5, 5.41) is 3.10. The lowest BCUT2D eigenvalue weighted by Gasteiger charge is -2.34. The summed E-state index contributed by atoms with van der Waals surface area (Å²) in [5.41, 5.74) is 9.11. The van der Waals surface area contributed by atoms with Crippen LogP contribution in [0.1, 0.15) is 37.3 Å². The molecule has 1 heterocycles. The lowest BCUT2D eigenvalue weighted by molar-refractivity contribution is -0.118. The van der Waals surface area contributed by atoms with Crippen molar-refractivity contribution in [1.29, 1.82) is 0 Å². The zero-order valence-corrected chi connectivity index (χ0v) is 13.2. The van der Waals surface area contributed by atoms with Crippen LogP contribution in [0.25, 0.3) is 0 Å². The number of piperidine rings is 1. The van der Waals surface area contributed by atoms with Gasteiger partial charge in [0.2, 0.25) is 5.91 Å². The summed E-state index contributed by atoms with van der Waals surface area (Å²) in [5.74, 6) is 0.0688. The van der Waals surface area contributed by atoms with Crippen molar-refractivity contribution in [1.82, 2.24) is 4.90 Å². The second kappa shape index (κ2) is 7.57. The van der Waals surface area contributed by atoms with Gasteiger partial charge in [-0.05, 0) is 43.9 Å². The molecule has 1 atom stereocenters. The molecule has 1 aliphatic heterocycles. The Morgan fingerprint density at radius 1 is 1.43 bits per heavy atom. The number of nitrogens with zero attached hydrogens (tertiary/aromatic N) is 1. The zero-order valence-electron chi connectivity index (χ0n) is 13.2. The molecule has 21 heavy (non-hydrogen) atoms. The minimum absolute atomic E-state index is 0.0688. The van der Waals surface area contributed by atoms with Crippen LogP contribution in [-0.4, -0.2) is 36.5 Å². The van der Waals surface area contributed by atoms with Crippen LogP contribution in [0.2, 0.25) is 0 Å². The zero-order chi connectivity index (χ0) is 15.2. The topological polar surface area (TPSA) is 58.4 Å². The number of aryl methyl sites for hydroxylation is 2. The summed E-state index contributed by atoms with van der Waals surface area (Å²) < 4.78 is 0. The molecule has 4 nitrogen and oxygen atoms in total. The van der Waals surface area contributed by atoms with Crippen molar-refractivity contribution in [3.8, 4) is 0 Å². The predicted molar refractivity (Wildman–Crippen MR) is 87.5 cm³/mol. The maximum absolute atomic E-state index is 12.4. The van der Waals surface area contributed by atoms with E-state index in [4.69, 9.17) is 5.73 Å². The minimum Gasteiger partial charge on any atom is -0.329 e. The number of benzene rings is 1. The lowest BCUT2D eigenvalue weighted by atomic mass is 10.0. The first-order valence-corrected chi connectivity index (χ1v) is 7.98.